The number of amides is 2. The van der Waals surface area contributed by atoms with Crippen molar-refractivity contribution in [1.82, 2.24) is 9.89 Å². The molecule has 1 saturated carbocycles. The summed E-state index contributed by atoms with van der Waals surface area (Å²) in [7, 11) is 0. The van der Waals surface area contributed by atoms with Gasteiger partial charge >= 0.3 is 6.09 Å². The highest BCUT2D eigenvalue weighted by atomic mass is 35.5. The number of rotatable bonds is 7. The molecule has 0 radical (unpaired) electrons. The van der Waals surface area contributed by atoms with Crippen LogP contribution in [0.3, 0.4) is 0 Å². The smallest absolute Gasteiger partial charge is 0.404 e. The Morgan fingerprint density at radius 3 is 2.59 bits per heavy atom. The maximum atomic E-state index is 13.8. The van der Waals surface area contributed by atoms with E-state index < -0.39 is 17.6 Å². The predicted octanol–water partition coefficient (Wildman–Crippen LogP) is 5.13. The molecule has 37 heavy (non-hydrogen) atoms. The van der Waals surface area contributed by atoms with Crippen molar-refractivity contribution < 1.29 is 14.3 Å². The third-order valence-electron chi connectivity index (χ3n) is 7.32. The van der Waals surface area contributed by atoms with Crippen LogP contribution in [0.15, 0.2) is 47.3 Å². The molecule has 1 aliphatic rings. The van der Waals surface area contributed by atoms with Crippen LogP contribution in [0.25, 0.3) is 10.8 Å². The van der Waals surface area contributed by atoms with Crippen LogP contribution in [-0.4, -0.2) is 21.9 Å². The van der Waals surface area contributed by atoms with Crippen LogP contribution in [0.1, 0.15) is 62.8 Å². The van der Waals surface area contributed by atoms with Crippen LogP contribution in [0.5, 0.6) is 0 Å². The molecule has 2 aromatic carbocycles. The van der Waals surface area contributed by atoms with E-state index in [-0.39, 0.29) is 18.9 Å². The summed E-state index contributed by atoms with van der Waals surface area (Å²) in [4.78, 5) is 39.0. The molecular formula is C28H33ClN4O4. The Bertz CT molecular complexity index is 1350. The Labute approximate surface area is 221 Å². The van der Waals surface area contributed by atoms with Crippen LogP contribution in [0.2, 0.25) is 5.02 Å². The first-order valence-corrected chi connectivity index (χ1v) is 13.0. The minimum Gasteiger partial charge on any atom is -0.443 e. The Balaban J connectivity index is 1.79. The number of benzene rings is 2. The van der Waals surface area contributed by atoms with Crippen LogP contribution in [0, 0.1) is 17.8 Å². The maximum absolute atomic E-state index is 13.8. The van der Waals surface area contributed by atoms with E-state index in [9.17, 15) is 14.4 Å². The molecule has 8 nitrogen and oxygen atoms in total. The van der Waals surface area contributed by atoms with Crippen molar-refractivity contribution in [3.8, 4) is 0 Å². The zero-order valence-corrected chi connectivity index (χ0v) is 22.1. The molecule has 2 amide bonds. The minimum absolute atomic E-state index is 0.0354. The number of ether oxygens (including phenoxy) is 1. The van der Waals surface area contributed by atoms with Crippen molar-refractivity contribution in [2.45, 2.75) is 59.0 Å². The van der Waals surface area contributed by atoms with Gasteiger partial charge in [0.1, 0.15) is 12.3 Å². The van der Waals surface area contributed by atoms with E-state index in [0.717, 1.165) is 35.2 Å². The van der Waals surface area contributed by atoms with Gasteiger partial charge in [-0.2, -0.15) is 0 Å². The topological polar surface area (TPSA) is 116 Å². The molecule has 1 fully saturated rings. The summed E-state index contributed by atoms with van der Waals surface area (Å²) in [6.07, 6.45) is 2.31. The highest BCUT2D eigenvalue weighted by Gasteiger charge is 2.33. The molecule has 196 valence electrons. The standard InChI is InChI=1S/C28H33ClN4O4/c1-16(2)20-12-7-17(3)13-23(20)21-5-4-6-22-24(15-37-28(30)36)31-33(27(35)26(21)22)32-25(34)14-18-8-10-19(29)11-9-18/h4-6,8-11,16-17,20,23H,7,12-15H2,1-3H3,(H2,30,36)(H,32,34)/t17-,20+,23-/m1/s1. The third kappa shape index (κ3) is 6.13. The van der Waals surface area contributed by atoms with E-state index in [1.165, 1.54) is 0 Å². The number of nitrogens with zero attached hydrogens (tertiary/aromatic N) is 2. The number of hydrogen-bond acceptors (Lipinski definition) is 5. The summed E-state index contributed by atoms with van der Waals surface area (Å²) in [6, 6.07) is 12.6. The summed E-state index contributed by atoms with van der Waals surface area (Å²) >= 11 is 5.94. The summed E-state index contributed by atoms with van der Waals surface area (Å²) in [5.74, 6) is 1.19. The largest absolute Gasteiger partial charge is 0.443 e. The average Bonchev–Trinajstić information content (AvgIpc) is 2.85. The zero-order chi connectivity index (χ0) is 26.7. The lowest BCUT2D eigenvalue weighted by Gasteiger charge is -2.38. The molecule has 4 rings (SSSR count). The van der Waals surface area contributed by atoms with Gasteiger partial charge in [-0.25, -0.2) is 10.2 Å². The van der Waals surface area contributed by atoms with Gasteiger partial charge < -0.3 is 10.5 Å². The lowest BCUT2D eigenvalue weighted by molar-refractivity contribution is -0.116. The number of carbonyl (C=O) groups is 2. The van der Waals surface area contributed by atoms with E-state index in [1.54, 1.807) is 30.3 Å². The van der Waals surface area contributed by atoms with E-state index in [0.29, 0.717) is 39.2 Å². The van der Waals surface area contributed by atoms with Gasteiger partial charge in [-0.05, 0) is 59.8 Å². The monoisotopic (exact) mass is 524 g/mol. The van der Waals surface area contributed by atoms with Crippen LogP contribution in [0.4, 0.5) is 4.79 Å². The number of primary amides is 1. The SMILES string of the molecule is CC(C)[C@@H]1CC[C@@H](C)C[C@H]1c1cccc2c(COC(N)=O)nn(NC(=O)Cc3ccc(Cl)cc3)c(=O)c12. The highest BCUT2D eigenvalue weighted by Crippen LogP contribution is 2.45. The second kappa shape index (κ2) is 11.3. The van der Waals surface area contributed by atoms with Gasteiger partial charge in [-0.15, -0.1) is 9.89 Å². The van der Waals surface area contributed by atoms with Gasteiger partial charge in [0, 0.05) is 10.4 Å². The van der Waals surface area contributed by atoms with Gasteiger partial charge in [0.05, 0.1) is 11.8 Å². The molecule has 0 unspecified atom stereocenters. The van der Waals surface area contributed by atoms with Gasteiger partial charge in [0.15, 0.2) is 0 Å². The lowest BCUT2D eigenvalue weighted by atomic mass is 9.67. The quantitative estimate of drug-likeness (QED) is 0.444. The summed E-state index contributed by atoms with van der Waals surface area (Å²) in [6.45, 7) is 6.47. The lowest BCUT2D eigenvalue weighted by Crippen LogP contribution is -2.37. The average molecular weight is 525 g/mol. The number of nitrogens with two attached hydrogens (primary N) is 1. The van der Waals surface area contributed by atoms with Crippen molar-refractivity contribution in [1.29, 1.82) is 0 Å². The fourth-order valence-corrected chi connectivity index (χ4v) is 5.64. The first-order chi connectivity index (χ1) is 17.6. The fourth-order valence-electron chi connectivity index (χ4n) is 5.51. The Morgan fingerprint density at radius 1 is 1.19 bits per heavy atom. The van der Waals surface area contributed by atoms with Gasteiger partial charge in [0.2, 0.25) is 5.91 Å². The van der Waals surface area contributed by atoms with Crippen molar-refractivity contribution in [3.05, 3.63) is 74.7 Å². The number of halogens is 1. The molecule has 1 heterocycles. The Hall–Kier alpha value is -3.39. The molecule has 0 aliphatic heterocycles. The molecule has 0 saturated heterocycles. The molecule has 9 heteroatoms. The molecular weight excluding hydrogens is 492 g/mol. The highest BCUT2D eigenvalue weighted by molar-refractivity contribution is 6.30. The van der Waals surface area contributed by atoms with Crippen LogP contribution in [-0.2, 0) is 22.6 Å². The normalized spacial score (nSPS) is 19.6. The van der Waals surface area contributed by atoms with E-state index >= 15 is 0 Å². The third-order valence-corrected chi connectivity index (χ3v) is 7.57. The van der Waals surface area contributed by atoms with Crippen molar-refractivity contribution >= 4 is 34.4 Å². The van der Waals surface area contributed by atoms with Crippen molar-refractivity contribution in [3.63, 3.8) is 0 Å². The van der Waals surface area contributed by atoms with Crippen LogP contribution >= 0.6 is 11.6 Å². The Morgan fingerprint density at radius 2 is 1.92 bits per heavy atom. The zero-order valence-electron chi connectivity index (χ0n) is 21.4. The number of aromatic nitrogens is 2. The molecule has 3 atom stereocenters. The first kappa shape index (κ1) is 26.7. The summed E-state index contributed by atoms with van der Waals surface area (Å²) in [5.41, 5.74) is 9.43. The first-order valence-electron chi connectivity index (χ1n) is 12.7. The number of hydrogen-bond donors (Lipinski definition) is 2. The fraction of sp³-hybridized carbons (Fsp3) is 0.429. The molecule has 1 aliphatic carbocycles. The molecule has 0 bridgehead atoms. The van der Waals surface area contributed by atoms with Gasteiger partial charge in [0.25, 0.3) is 5.56 Å². The van der Waals surface area contributed by atoms with E-state index in [4.69, 9.17) is 22.1 Å². The number of fused-ring (bicyclic) bond motifs is 1. The predicted molar refractivity (Wildman–Crippen MR) is 144 cm³/mol. The van der Waals surface area contributed by atoms with E-state index in [1.807, 2.05) is 12.1 Å². The molecule has 1 aromatic heterocycles. The summed E-state index contributed by atoms with van der Waals surface area (Å²) in [5, 5.41) is 5.99. The van der Waals surface area contributed by atoms with Gasteiger partial charge in [-0.1, -0.05) is 69.1 Å². The second-order valence-electron chi connectivity index (χ2n) is 10.3. The summed E-state index contributed by atoms with van der Waals surface area (Å²) < 4.78 is 5.04. The minimum atomic E-state index is -0.948. The number of carbonyl (C=O) groups excluding carboxylic acids is 2. The van der Waals surface area contributed by atoms with Crippen molar-refractivity contribution in [2.75, 3.05) is 5.43 Å². The van der Waals surface area contributed by atoms with E-state index in [2.05, 4.69) is 31.3 Å². The van der Waals surface area contributed by atoms with Crippen molar-refractivity contribution in [2.24, 2.45) is 23.5 Å². The molecule has 3 N–H and O–H groups in total. The second-order valence-corrected chi connectivity index (χ2v) is 10.7. The maximum Gasteiger partial charge on any atom is 0.404 e. The Kier molecular flexibility index (Phi) is 8.17. The number of nitrogens with one attached hydrogen (secondary N) is 1. The van der Waals surface area contributed by atoms with Crippen LogP contribution < -0.4 is 16.7 Å². The van der Waals surface area contributed by atoms with Gasteiger partial charge in [-0.3, -0.25) is 9.59 Å². The molecule has 3 aromatic rings. The molecule has 0 spiro atoms.